The molecule has 0 fully saturated rings. The molecule has 0 spiro atoms. The minimum absolute atomic E-state index is 0.284. The Bertz CT molecular complexity index is 946. The van der Waals surface area contributed by atoms with E-state index >= 15 is 0 Å². The highest BCUT2D eigenvalue weighted by Crippen LogP contribution is 2.19. The molecule has 0 bridgehead atoms. The van der Waals surface area contributed by atoms with Crippen LogP contribution in [0.3, 0.4) is 0 Å². The molecule has 0 aliphatic heterocycles. The summed E-state index contributed by atoms with van der Waals surface area (Å²) in [6.45, 7) is 4.12. The second kappa shape index (κ2) is 9.88. The average Bonchev–Trinajstić information content (AvgIpc) is 3.35. The van der Waals surface area contributed by atoms with Crippen LogP contribution in [0.15, 0.2) is 46.3 Å². The van der Waals surface area contributed by atoms with Crippen LogP contribution in [0.5, 0.6) is 5.75 Å². The number of carbonyl (C=O) groups excluding carboxylic acids is 2. The van der Waals surface area contributed by atoms with Crippen LogP contribution < -0.4 is 10.1 Å². The van der Waals surface area contributed by atoms with Gasteiger partial charge in [-0.15, -0.1) is 11.3 Å². The van der Waals surface area contributed by atoms with E-state index in [9.17, 15) is 9.59 Å². The second-order valence-corrected chi connectivity index (χ2v) is 7.41. The summed E-state index contributed by atoms with van der Waals surface area (Å²) in [5, 5.41) is 8.61. The fraction of sp³-hybridized carbons (Fsp3) is 0.286. The Balaban J connectivity index is 1.45. The van der Waals surface area contributed by atoms with E-state index in [0.29, 0.717) is 23.6 Å². The third-order valence-corrected chi connectivity index (χ3v) is 5.18. The molecule has 0 aliphatic carbocycles. The first-order valence-electron chi connectivity index (χ1n) is 9.13. The summed E-state index contributed by atoms with van der Waals surface area (Å²) in [7, 11) is 0. The first-order chi connectivity index (χ1) is 14.0. The number of rotatable bonds is 9. The van der Waals surface area contributed by atoms with Crippen LogP contribution in [0.25, 0.3) is 0 Å². The van der Waals surface area contributed by atoms with Crippen molar-refractivity contribution in [3.8, 4) is 5.75 Å². The van der Waals surface area contributed by atoms with E-state index in [4.69, 9.17) is 14.0 Å². The number of hydrogen-bond donors (Lipinski definition) is 1. The number of benzene rings is 1. The summed E-state index contributed by atoms with van der Waals surface area (Å²) in [5.41, 5.74) is 1.95. The van der Waals surface area contributed by atoms with E-state index in [-0.39, 0.29) is 19.1 Å². The Morgan fingerprint density at radius 2 is 2.07 bits per heavy atom. The molecule has 29 heavy (non-hydrogen) atoms. The number of ether oxygens (including phenoxy) is 2. The van der Waals surface area contributed by atoms with Crippen LogP contribution >= 0.6 is 11.3 Å². The molecule has 152 valence electrons. The van der Waals surface area contributed by atoms with Gasteiger partial charge in [-0.25, -0.2) is 4.79 Å². The van der Waals surface area contributed by atoms with E-state index in [1.807, 2.05) is 31.4 Å². The van der Waals surface area contributed by atoms with E-state index < -0.39 is 5.97 Å². The van der Waals surface area contributed by atoms with Crippen molar-refractivity contribution in [3.05, 3.63) is 69.2 Å². The van der Waals surface area contributed by atoms with Gasteiger partial charge in [0.2, 0.25) is 0 Å². The van der Waals surface area contributed by atoms with Crippen LogP contribution in [0.1, 0.15) is 32.3 Å². The lowest BCUT2D eigenvalue weighted by Gasteiger charge is -2.09. The summed E-state index contributed by atoms with van der Waals surface area (Å²) < 4.78 is 15.9. The molecule has 1 N–H and O–H groups in total. The molecule has 0 aliphatic rings. The van der Waals surface area contributed by atoms with Crippen LogP contribution in [-0.4, -0.2) is 30.2 Å². The molecule has 3 rings (SSSR count). The molecule has 7 nitrogen and oxygen atoms in total. The van der Waals surface area contributed by atoms with Crippen molar-refractivity contribution < 1.29 is 23.6 Å². The van der Waals surface area contributed by atoms with Gasteiger partial charge in [-0.3, -0.25) is 4.79 Å². The SMILES string of the molecule is Cc1noc(C)c1COc1cccc(C(=O)OCC(=O)NCCc2cccs2)c1. The van der Waals surface area contributed by atoms with Gasteiger partial charge in [0.15, 0.2) is 6.61 Å². The third kappa shape index (κ3) is 5.92. The smallest absolute Gasteiger partial charge is 0.338 e. The molecule has 0 saturated carbocycles. The fourth-order valence-corrected chi connectivity index (χ4v) is 3.33. The van der Waals surface area contributed by atoms with Gasteiger partial charge in [-0.1, -0.05) is 17.3 Å². The molecule has 2 aromatic heterocycles. The zero-order chi connectivity index (χ0) is 20.6. The largest absolute Gasteiger partial charge is 0.489 e. The van der Waals surface area contributed by atoms with E-state index in [1.54, 1.807) is 35.6 Å². The quantitative estimate of drug-likeness (QED) is 0.540. The maximum Gasteiger partial charge on any atom is 0.338 e. The van der Waals surface area contributed by atoms with Crippen molar-refractivity contribution in [3.63, 3.8) is 0 Å². The summed E-state index contributed by atoms with van der Waals surface area (Å²) in [6.07, 6.45) is 0.752. The highest BCUT2D eigenvalue weighted by atomic mass is 32.1. The van der Waals surface area contributed by atoms with Crippen LogP contribution in [0.4, 0.5) is 0 Å². The first kappa shape index (κ1) is 20.6. The van der Waals surface area contributed by atoms with Gasteiger partial charge < -0.3 is 19.3 Å². The molecule has 0 unspecified atom stereocenters. The van der Waals surface area contributed by atoms with Crippen molar-refractivity contribution in [2.75, 3.05) is 13.2 Å². The third-order valence-electron chi connectivity index (χ3n) is 4.24. The highest BCUT2D eigenvalue weighted by Gasteiger charge is 2.13. The van der Waals surface area contributed by atoms with Gasteiger partial charge in [0.1, 0.15) is 18.1 Å². The van der Waals surface area contributed by atoms with E-state index in [1.165, 1.54) is 4.88 Å². The minimum atomic E-state index is -0.582. The lowest BCUT2D eigenvalue weighted by Crippen LogP contribution is -2.30. The lowest BCUT2D eigenvalue weighted by atomic mass is 10.2. The molecular weight excluding hydrogens is 392 g/mol. The molecular formula is C21H22N2O5S. The van der Waals surface area contributed by atoms with Gasteiger partial charge in [0.05, 0.1) is 16.8 Å². The predicted molar refractivity (Wildman–Crippen MR) is 108 cm³/mol. The van der Waals surface area contributed by atoms with Crippen LogP contribution in [0, 0.1) is 13.8 Å². The Morgan fingerprint density at radius 3 is 2.79 bits per heavy atom. The number of nitrogens with one attached hydrogen (secondary N) is 1. The zero-order valence-corrected chi connectivity index (χ0v) is 17.1. The number of amides is 1. The number of carbonyl (C=O) groups is 2. The number of aromatic nitrogens is 1. The van der Waals surface area contributed by atoms with E-state index in [0.717, 1.165) is 17.7 Å². The van der Waals surface area contributed by atoms with Crippen LogP contribution in [0.2, 0.25) is 0 Å². The topological polar surface area (TPSA) is 90.7 Å². The number of thiophene rings is 1. The van der Waals surface area contributed by atoms with Gasteiger partial charge >= 0.3 is 5.97 Å². The molecule has 0 atom stereocenters. The zero-order valence-electron chi connectivity index (χ0n) is 16.3. The minimum Gasteiger partial charge on any atom is -0.489 e. The Labute approximate surface area is 172 Å². The summed E-state index contributed by atoms with van der Waals surface area (Å²) in [6, 6.07) is 10.6. The van der Waals surface area contributed by atoms with E-state index in [2.05, 4.69) is 10.5 Å². The second-order valence-electron chi connectivity index (χ2n) is 6.37. The van der Waals surface area contributed by atoms with Crippen LogP contribution in [-0.2, 0) is 22.6 Å². The standard InChI is InChI=1S/C21H22N2O5S/c1-14-19(15(2)28-23-14)12-26-17-6-3-5-16(11-17)21(25)27-13-20(24)22-9-8-18-7-4-10-29-18/h3-7,10-11H,8-9,12-13H2,1-2H3,(H,22,24). The molecule has 0 radical (unpaired) electrons. The fourth-order valence-electron chi connectivity index (χ4n) is 2.62. The van der Waals surface area contributed by atoms with Crippen molar-refractivity contribution in [1.29, 1.82) is 0 Å². The van der Waals surface area contributed by atoms with Gasteiger partial charge in [-0.2, -0.15) is 0 Å². The lowest BCUT2D eigenvalue weighted by molar-refractivity contribution is -0.124. The van der Waals surface area contributed by atoms with Crippen molar-refractivity contribution in [2.45, 2.75) is 26.9 Å². The molecule has 0 saturated heterocycles. The molecule has 1 aromatic carbocycles. The number of esters is 1. The molecule has 2 heterocycles. The van der Waals surface area contributed by atoms with Gasteiger partial charge in [0, 0.05) is 11.4 Å². The maximum atomic E-state index is 12.2. The van der Waals surface area contributed by atoms with Crippen molar-refractivity contribution in [2.24, 2.45) is 0 Å². The monoisotopic (exact) mass is 414 g/mol. The normalized spacial score (nSPS) is 10.6. The number of nitrogens with zero attached hydrogens (tertiary/aromatic N) is 1. The summed E-state index contributed by atoms with van der Waals surface area (Å²) in [4.78, 5) is 25.3. The molecule has 8 heteroatoms. The Hall–Kier alpha value is -3.13. The number of hydrogen-bond acceptors (Lipinski definition) is 7. The number of aryl methyl sites for hydroxylation is 2. The molecule has 3 aromatic rings. The summed E-state index contributed by atoms with van der Waals surface area (Å²) in [5.74, 6) is 0.296. The van der Waals surface area contributed by atoms with Crippen molar-refractivity contribution in [1.82, 2.24) is 10.5 Å². The Kier molecular flexibility index (Phi) is 7.02. The first-order valence-corrected chi connectivity index (χ1v) is 10.0. The van der Waals surface area contributed by atoms with Crippen molar-refractivity contribution >= 4 is 23.2 Å². The Morgan fingerprint density at radius 1 is 1.21 bits per heavy atom. The maximum absolute atomic E-state index is 12.2. The predicted octanol–water partition coefficient (Wildman–Crippen LogP) is 3.45. The van der Waals surface area contributed by atoms with Gasteiger partial charge in [0.25, 0.3) is 5.91 Å². The summed E-state index contributed by atoms with van der Waals surface area (Å²) >= 11 is 1.64. The average molecular weight is 414 g/mol. The molecule has 1 amide bonds. The van der Waals surface area contributed by atoms with Gasteiger partial charge in [-0.05, 0) is 49.9 Å². The highest BCUT2D eigenvalue weighted by molar-refractivity contribution is 7.09.